The van der Waals surface area contributed by atoms with Crippen molar-refractivity contribution in [3.63, 3.8) is 0 Å². The summed E-state index contributed by atoms with van der Waals surface area (Å²) >= 11 is 0. The summed E-state index contributed by atoms with van der Waals surface area (Å²) in [6.07, 6.45) is -0.596. The molecule has 2 atom stereocenters. The Balaban J connectivity index is 3.12. The maximum atomic E-state index is 12.8. The van der Waals surface area contributed by atoms with Crippen LogP contribution in [-0.4, -0.2) is 50.7 Å². The highest BCUT2D eigenvalue weighted by Crippen LogP contribution is 2.25. The third-order valence-electron chi connectivity index (χ3n) is 4.73. The van der Waals surface area contributed by atoms with E-state index in [1.807, 2.05) is 25.1 Å². The van der Waals surface area contributed by atoms with Crippen LogP contribution in [0.25, 0.3) is 0 Å². The first-order valence-electron chi connectivity index (χ1n) is 9.23. The fourth-order valence-corrected chi connectivity index (χ4v) is 5.63. The summed E-state index contributed by atoms with van der Waals surface area (Å²) < 4.78 is 5.36. The number of ether oxygens (including phenoxy) is 1. The molecule has 0 saturated carbocycles. The van der Waals surface area contributed by atoms with Crippen molar-refractivity contribution in [1.29, 1.82) is 0 Å². The Morgan fingerprint density at radius 1 is 1.15 bits per heavy atom. The molecule has 1 aromatic rings. The highest BCUT2D eigenvalue weighted by molar-refractivity contribution is 6.95. The molecule has 1 rings (SSSR count). The van der Waals surface area contributed by atoms with Crippen molar-refractivity contribution in [3.8, 4) is 0 Å². The first kappa shape index (κ1) is 23.0. The summed E-state index contributed by atoms with van der Waals surface area (Å²) in [5, 5.41) is 5.02. The summed E-state index contributed by atoms with van der Waals surface area (Å²) in [4.78, 5) is 26.6. The molecule has 0 aliphatic rings. The maximum Gasteiger partial charge on any atom is 0.408 e. The molecule has 6 heteroatoms. The Kier molecular flexibility index (Phi) is 7.43. The molecule has 0 heterocycles. The Bertz CT molecular complexity index is 678. The van der Waals surface area contributed by atoms with E-state index < -0.39 is 25.8 Å². The van der Waals surface area contributed by atoms with Crippen molar-refractivity contribution in [1.82, 2.24) is 10.2 Å². The average Bonchev–Trinajstić information content (AvgIpc) is 2.56. The second-order valence-electron chi connectivity index (χ2n) is 8.66. The second kappa shape index (κ2) is 8.74. The van der Waals surface area contributed by atoms with Gasteiger partial charge in [0.05, 0.1) is 0 Å². The molecular formula is C21H34N2O3Si. The van der Waals surface area contributed by atoms with Gasteiger partial charge in [-0.1, -0.05) is 60.7 Å². The zero-order valence-electron chi connectivity index (χ0n) is 17.9. The number of nitrogens with one attached hydrogen (secondary N) is 1. The molecule has 0 unspecified atom stereocenters. The Morgan fingerprint density at radius 3 is 2.11 bits per heavy atom. The van der Waals surface area contributed by atoms with Crippen LogP contribution in [0.15, 0.2) is 42.1 Å². The molecule has 0 radical (unpaired) electrons. The summed E-state index contributed by atoms with van der Waals surface area (Å²) in [5.41, 5.74) is -0.631. The van der Waals surface area contributed by atoms with Crippen LogP contribution < -0.4 is 10.5 Å². The molecule has 0 fully saturated rings. The number of carbonyl (C=O) groups excluding carboxylic acids is 2. The van der Waals surface area contributed by atoms with Gasteiger partial charge in [0.2, 0.25) is 5.91 Å². The van der Waals surface area contributed by atoms with E-state index in [1.54, 1.807) is 34.9 Å². The summed E-state index contributed by atoms with van der Waals surface area (Å²) in [5.74, 6) is -0.401. The normalized spacial score (nSPS) is 14.1. The third kappa shape index (κ3) is 6.24. The fraction of sp³-hybridized carbons (Fsp3) is 0.524. The first-order valence-corrected chi connectivity index (χ1v) is 12.2. The molecule has 0 bridgehead atoms. The van der Waals surface area contributed by atoms with Crippen molar-refractivity contribution in [3.05, 3.63) is 42.1 Å². The van der Waals surface area contributed by atoms with Crippen molar-refractivity contribution < 1.29 is 14.3 Å². The zero-order chi connectivity index (χ0) is 21.0. The molecule has 27 heavy (non-hydrogen) atoms. The maximum absolute atomic E-state index is 12.8. The van der Waals surface area contributed by atoms with E-state index in [-0.39, 0.29) is 11.8 Å². The Hall–Kier alpha value is -2.08. The van der Waals surface area contributed by atoms with Crippen molar-refractivity contribution >= 4 is 25.3 Å². The minimum atomic E-state index is -2.04. The number of nitrogens with zero attached hydrogens (tertiary/aromatic N) is 1. The molecule has 0 aliphatic carbocycles. The van der Waals surface area contributed by atoms with Gasteiger partial charge in [0.25, 0.3) is 0 Å². The van der Waals surface area contributed by atoms with E-state index in [2.05, 4.69) is 37.1 Å². The molecule has 1 aromatic carbocycles. The molecule has 1 N–H and O–H groups in total. The Labute approximate surface area is 164 Å². The van der Waals surface area contributed by atoms with Gasteiger partial charge in [-0.25, -0.2) is 4.79 Å². The van der Waals surface area contributed by atoms with Gasteiger partial charge in [0, 0.05) is 20.0 Å². The molecule has 0 saturated heterocycles. The predicted molar refractivity (Wildman–Crippen MR) is 114 cm³/mol. The highest BCUT2D eigenvalue weighted by atomic mass is 28.3. The van der Waals surface area contributed by atoms with Gasteiger partial charge in [0.1, 0.15) is 19.7 Å². The lowest BCUT2D eigenvalue weighted by atomic mass is 10.0. The molecule has 0 aromatic heterocycles. The van der Waals surface area contributed by atoms with Gasteiger partial charge in [-0.15, -0.1) is 6.58 Å². The SMILES string of the molecule is C=C([C@H](C)[C@H](NC(=O)OC(C)(C)C)C(=O)N(C)C)[Si](C)(C)c1ccccc1. The van der Waals surface area contributed by atoms with Crippen LogP contribution in [0.3, 0.4) is 0 Å². The second-order valence-corrected chi connectivity index (χ2v) is 13.1. The van der Waals surface area contributed by atoms with Crippen LogP contribution in [0, 0.1) is 5.92 Å². The summed E-state index contributed by atoms with van der Waals surface area (Å²) in [6.45, 7) is 16.1. The topological polar surface area (TPSA) is 58.6 Å². The minimum absolute atomic E-state index is 0.174. The number of rotatable bonds is 6. The number of amides is 2. The van der Waals surface area contributed by atoms with Crippen LogP contribution in [0.5, 0.6) is 0 Å². The van der Waals surface area contributed by atoms with Gasteiger partial charge in [0.15, 0.2) is 0 Å². The van der Waals surface area contributed by atoms with Gasteiger partial charge < -0.3 is 15.0 Å². The number of hydrogen-bond acceptors (Lipinski definition) is 3. The van der Waals surface area contributed by atoms with E-state index >= 15 is 0 Å². The van der Waals surface area contributed by atoms with Gasteiger partial charge in [-0.2, -0.15) is 0 Å². The van der Waals surface area contributed by atoms with Gasteiger partial charge in [-0.05, 0) is 20.8 Å². The average molecular weight is 391 g/mol. The van der Waals surface area contributed by atoms with Crippen LogP contribution in [0.4, 0.5) is 4.79 Å². The van der Waals surface area contributed by atoms with Crippen molar-refractivity contribution in [2.75, 3.05) is 14.1 Å². The molecule has 2 amide bonds. The monoisotopic (exact) mass is 390 g/mol. The summed E-state index contributed by atoms with van der Waals surface area (Å²) in [7, 11) is 1.32. The predicted octanol–water partition coefficient (Wildman–Crippen LogP) is 3.32. The Morgan fingerprint density at radius 2 is 1.67 bits per heavy atom. The largest absolute Gasteiger partial charge is 0.444 e. The van der Waals surface area contributed by atoms with E-state index in [0.717, 1.165) is 5.20 Å². The zero-order valence-corrected chi connectivity index (χ0v) is 18.9. The van der Waals surface area contributed by atoms with E-state index in [0.29, 0.717) is 0 Å². The molecule has 150 valence electrons. The molecular weight excluding hydrogens is 356 g/mol. The number of benzene rings is 1. The quantitative estimate of drug-likeness (QED) is 0.758. The van der Waals surface area contributed by atoms with Crippen LogP contribution in [-0.2, 0) is 9.53 Å². The van der Waals surface area contributed by atoms with E-state index in [9.17, 15) is 9.59 Å². The molecule has 0 spiro atoms. The van der Waals surface area contributed by atoms with Gasteiger partial charge >= 0.3 is 6.09 Å². The minimum Gasteiger partial charge on any atom is -0.444 e. The van der Waals surface area contributed by atoms with E-state index in [4.69, 9.17) is 4.74 Å². The molecule has 5 nitrogen and oxygen atoms in total. The number of hydrogen-bond donors (Lipinski definition) is 1. The van der Waals surface area contributed by atoms with Crippen molar-refractivity contribution in [2.45, 2.75) is 52.4 Å². The van der Waals surface area contributed by atoms with Crippen molar-refractivity contribution in [2.24, 2.45) is 5.92 Å². The smallest absolute Gasteiger partial charge is 0.408 e. The number of alkyl carbamates (subject to hydrolysis) is 1. The molecule has 0 aliphatic heterocycles. The third-order valence-corrected chi connectivity index (χ3v) is 8.56. The van der Waals surface area contributed by atoms with E-state index in [1.165, 1.54) is 10.1 Å². The lowest BCUT2D eigenvalue weighted by Crippen LogP contribution is -2.55. The van der Waals surface area contributed by atoms with Gasteiger partial charge in [-0.3, -0.25) is 4.79 Å². The fourth-order valence-electron chi connectivity index (χ4n) is 2.92. The summed E-state index contributed by atoms with van der Waals surface area (Å²) in [6, 6.07) is 9.51. The lowest BCUT2D eigenvalue weighted by molar-refractivity contribution is -0.131. The standard InChI is InChI=1S/C21H34N2O3Si/c1-15(16(2)27(8,9)17-13-11-10-12-14-17)18(19(24)23(6)7)22-20(25)26-21(3,4)5/h10-15,18H,2H2,1,3-9H3,(H,22,25)/t15-,18-/m0/s1. The highest BCUT2D eigenvalue weighted by Gasteiger charge is 2.38. The number of carbonyl (C=O) groups is 2. The number of likely N-dealkylation sites (N-methyl/N-ethyl adjacent to an activating group) is 1. The van der Waals surface area contributed by atoms with Crippen LogP contribution >= 0.6 is 0 Å². The first-order chi connectivity index (χ1) is 12.3. The van der Waals surface area contributed by atoms with Crippen LogP contribution in [0.2, 0.25) is 13.1 Å². The van der Waals surface area contributed by atoms with Crippen LogP contribution in [0.1, 0.15) is 27.7 Å². The lowest BCUT2D eigenvalue weighted by Gasteiger charge is -2.35.